The van der Waals surface area contributed by atoms with E-state index in [1.807, 2.05) is 0 Å². The van der Waals surface area contributed by atoms with Crippen LogP contribution in [0.2, 0.25) is 0 Å². The van der Waals surface area contributed by atoms with Crippen LogP contribution in [0.3, 0.4) is 0 Å². The molecule has 2 aromatic rings. The Morgan fingerprint density at radius 1 is 1.50 bits per heavy atom. The van der Waals surface area contributed by atoms with Gasteiger partial charge in [0.1, 0.15) is 0 Å². The summed E-state index contributed by atoms with van der Waals surface area (Å²) in [5.41, 5.74) is 7.06. The molecule has 3 N–H and O–H groups in total. The Morgan fingerprint density at radius 2 is 2.40 bits per heavy atom. The number of thiazole rings is 1. The molecule has 1 saturated heterocycles. The highest BCUT2D eigenvalue weighted by molar-refractivity contribution is 7.22. The van der Waals surface area contributed by atoms with Gasteiger partial charge in [0.25, 0.3) is 5.91 Å². The van der Waals surface area contributed by atoms with E-state index in [1.165, 1.54) is 11.3 Å². The Kier molecular flexibility index (Phi) is 3.81. The van der Waals surface area contributed by atoms with Gasteiger partial charge in [-0.2, -0.15) is 0 Å². The summed E-state index contributed by atoms with van der Waals surface area (Å²) < 4.78 is 11.7. The number of nitrogens with one attached hydrogen (secondary N) is 1. The molecule has 1 aromatic carbocycles. The zero-order chi connectivity index (χ0) is 13.9. The van der Waals surface area contributed by atoms with Gasteiger partial charge < -0.3 is 20.5 Å². The van der Waals surface area contributed by atoms with Gasteiger partial charge in [0, 0.05) is 12.1 Å². The summed E-state index contributed by atoms with van der Waals surface area (Å²) in [5.74, 6) is -0.131. The van der Waals surface area contributed by atoms with E-state index in [0.29, 0.717) is 37.1 Å². The maximum absolute atomic E-state index is 12.1. The van der Waals surface area contributed by atoms with Crippen molar-refractivity contribution in [2.24, 2.45) is 0 Å². The summed E-state index contributed by atoms with van der Waals surface area (Å²) in [6, 6.07) is 5.35. The van der Waals surface area contributed by atoms with Crippen LogP contribution in [0.25, 0.3) is 10.2 Å². The molecule has 0 bridgehead atoms. The molecule has 0 aliphatic carbocycles. The Hall–Kier alpha value is -1.70. The SMILES string of the molecule is Nc1nc2ccc(C(=O)NCC3COCCO3)cc2s1. The monoisotopic (exact) mass is 293 g/mol. The van der Waals surface area contributed by atoms with Gasteiger partial charge in [0.15, 0.2) is 5.13 Å². The van der Waals surface area contributed by atoms with Crippen molar-refractivity contribution in [3.05, 3.63) is 23.8 Å². The molecule has 3 rings (SSSR count). The lowest BCUT2D eigenvalue weighted by Gasteiger charge is -2.23. The van der Waals surface area contributed by atoms with E-state index in [2.05, 4.69) is 10.3 Å². The summed E-state index contributed by atoms with van der Waals surface area (Å²) >= 11 is 1.37. The van der Waals surface area contributed by atoms with E-state index in [4.69, 9.17) is 15.2 Å². The molecule has 1 fully saturated rings. The van der Waals surface area contributed by atoms with Crippen molar-refractivity contribution >= 4 is 32.6 Å². The van der Waals surface area contributed by atoms with Crippen LogP contribution >= 0.6 is 11.3 Å². The minimum absolute atomic E-state index is 0.0736. The number of carbonyl (C=O) groups excluding carboxylic acids is 1. The number of rotatable bonds is 3. The van der Waals surface area contributed by atoms with Crippen LogP contribution < -0.4 is 11.1 Å². The van der Waals surface area contributed by atoms with Gasteiger partial charge in [-0.05, 0) is 18.2 Å². The first-order chi connectivity index (χ1) is 9.72. The first-order valence-corrected chi connectivity index (χ1v) is 7.17. The van der Waals surface area contributed by atoms with Crippen LogP contribution in [-0.4, -0.2) is 43.4 Å². The van der Waals surface area contributed by atoms with Crippen LogP contribution in [0.4, 0.5) is 5.13 Å². The van der Waals surface area contributed by atoms with Crippen molar-refractivity contribution in [2.75, 3.05) is 32.1 Å². The Balaban J connectivity index is 1.65. The Bertz CT molecular complexity index is 622. The van der Waals surface area contributed by atoms with E-state index in [0.717, 1.165) is 10.2 Å². The number of benzene rings is 1. The zero-order valence-corrected chi connectivity index (χ0v) is 11.6. The van der Waals surface area contributed by atoms with Crippen LogP contribution in [0, 0.1) is 0 Å². The van der Waals surface area contributed by atoms with Gasteiger partial charge in [-0.25, -0.2) is 4.98 Å². The zero-order valence-electron chi connectivity index (χ0n) is 10.8. The van der Waals surface area contributed by atoms with E-state index < -0.39 is 0 Å². The number of fused-ring (bicyclic) bond motifs is 1. The van der Waals surface area contributed by atoms with E-state index >= 15 is 0 Å². The highest BCUT2D eigenvalue weighted by Crippen LogP contribution is 2.24. The molecule has 1 unspecified atom stereocenters. The van der Waals surface area contributed by atoms with Gasteiger partial charge in [-0.3, -0.25) is 4.79 Å². The van der Waals surface area contributed by atoms with Gasteiger partial charge in [-0.1, -0.05) is 11.3 Å². The van der Waals surface area contributed by atoms with Gasteiger partial charge in [0.2, 0.25) is 0 Å². The second-order valence-electron chi connectivity index (χ2n) is 4.51. The van der Waals surface area contributed by atoms with Crippen molar-refractivity contribution in [2.45, 2.75) is 6.10 Å². The van der Waals surface area contributed by atoms with Crippen molar-refractivity contribution < 1.29 is 14.3 Å². The largest absolute Gasteiger partial charge is 0.376 e. The number of hydrogen-bond acceptors (Lipinski definition) is 6. The first kappa shape index (κ1) is 13.3. The lowest BCUT2D eigenvalue weighted by Crippen LogP contribution is -2.39. The molecule has 1 atom stereocenters. The summed E-state index contributed by atoms with van der Waals surface area (Å²) in [7, 11) is 0. The molecule has 1 aliphatic heterocycles. The highest BCUT2D eigenvalue weighted by atomic mass is 32.1. The fraction of sp³-hybridized carbons (Fsp3) is 0.385. The van der Waals surface area contributed by atoms with Crippen LogP contribution in [-0.2, 0) is 9.47 Å². The second-order valence-corrected chi connectivity index (χ2v) is 5.57. The number of carbonyl (C=O) groups is 1. The van der Waals surface area contributed by atoms with Gasteiger partial charge in [0.05, 0.1) is 36.1 Å². The fourth-order valence-electron chi connectivity index (χ4n) is 2.05. The average molecular weight is 293 g/mol. The molecule has 1 amide bonds. The second kappa shape index (κ2) is 5.74. The Morgan fingerprint density at radius 3 is 3.20 bits per heavy atom. The minimum atomic E-state index is -0.131. The third-order valence-corrected chi connectivity index (χ3v) is 3.89. The first-order valence-electron chi connectivity index (χ1n) is 6.36. The van der Waals surface area contributed by atoms with Crippen LogP contribution in [0.5, 0.6) is 0 Å². The molecular weight excluding hydrogens is 278 g/mol. The lowest BCUT2D eigenvalue weighted by atomic mass is 10.2. The molecule has 0 radical (unpaired) electrons. The molecular formula is C13H15N3O3S. The quantitative estimate of drug-likeness (QED) is 0.882. The number of ether oxygens (including phenoxy) is 2. The maximum Gasteiger partial charge on any atom is 0.251 e. The molecule has 106 valence electrons. The highest BCUT2D eigenvalue weighted by Gasteiger charge is 2.16. The summed E-state index contributed by atoms with van der Waals surface area (Å²) in [6.45, 7) is 2.16. The molecule has 7 heteroatoms. The van der Waals surface area contributed by atoms with Crippen LogP contribution in [0.1, 0.15) is 10.4 Å². The number of nitrogen functional groups attached to an aromatic ring is 1. The third kappa shape index (κ3) is 2.90. The van der Waals surface area contributed by atoms with Crippen molar-refractivity contribution in [1.82, 2.24) is 10.3 Å². The molecule has 6 nitrogen and oxygen atoms in total. The van der Waals surface area contributed by atoms with E-state index in [-0.39, 0.29) is 12.0 Å². The fourth-order valence-corrected chi connectivity index (χ4v) is 2.82. The molecule has 20 heavy (non-hydrogen) atoms. The number of amides is 1. The van der Waals surface area contributed by atoms with E-state index in [1.54, 1.807) is 18.2 Å². The lowest BCUT2D eigenvalue weighted by molar-refractivity contribution is -0.0855. The summed E-state index contributed by atoms with van der Waals surface area (Å²) in [6.07, 6.45) is -0.0736. The van der Waals surface area contributed by atoms with Gasteiger partial charge in [-0.15, -0.1) is 0 Å². The van der Waals surface area contributed by atoms with Gasteiger partial charge >= 0.3 is 0 Å². The third-order valence-electron chi connectivity index (χ3n) is 3.04. The number of nitrogens with two attached hydrogens (primary N) is 1. The minimum Gasteiger partial charge on any atom is -0.376 e. The normalized spacial score (nSPS) is 19.1. The predicted octanol–water partition coefficient (Wildman–Crippen LogP) is 1.02. The van der Waals surface area contributed by atoms with Crippen molar-refractivity contribution in [3.8, 4) is 0 Å². The number of nitrogens with zero attached hydrogens (tertiary/aromatic N) is 1. The topological polar surface area (TPSA) is 86.5 Å². The molecule has 0 spiro atoms. The van der Waals surface area contributed by atoms with Crippen molar-refractivity contribution in [1.29, 1.82) is 0 Å². The molecule has 1 aromatic heterocycles. The average Bonchev–Trinajstić information content (AvgIpc) is 2.85. The molecule has 2 heterocycles. The van der Waals surface area contributed by atoms with Crippen molar-refractivity contribution in [3.63, 3.8) is 0 Å². The smallest absolute Gasteiger partial charge is 0.251 e. The predicted molar refractivity (Wildman–Crippen MR) is 76.9 cm³/mol. The van der Waals surface area contributed by atoms with Crippen LogP contribution in [0.15, 0.2) is 18.2 Å². The molecule has 1 aliphatic rings. The van der Waals surface area contributed by atoms with E-state index in [9.17, 15) is 4.79 Å². The number of hydrogen-bond donors (Lipinski definition) is 2. The standard InChI is InChI=1S/C13H15N3O3S/c14-13-16-10-2-1-8(5-11(10)20-13)12(17)15-6-9-7-18-3-4-19-9/h1-2,5,9H,3-4,6-7H2,(H2,14,16)(H,15,17). The maximum atomic E-state index is 12.1. The summed E-state index contributed by atoms with van der Waals surface area (Å²) in [5, 5.41) is 3.35. The Labute approximate surface area is 119 Å². The number of aromatic nitrogens is 1. The number of anilines is 1. The summed E-state index contributed by atoms with van der Waals surface area (Å²) in [4.78, 5) is 16.2. The molecule has 0 saturated carbocycles.